The first-order chi connectivity index (χ1) is 14.1. The van der Waals surface area contributed by atoms with Crippen LogP contribution in [0.5, 0.6) is 5.75 Å². The Morgan fingerprint density at radius 1 is 1.10 bits per heavy atom. The van der Waals surface area contributed by atoms with Gasteiger partial charge in [0.15, 0.2) is 0 Å². The number of ether oxygens (including phenoxy) is 1. The molecule has 1 atom stereocenters. The minimum Gasteiger partial charge on any atom is -0.488 e. The van der Waals surface area contributed by atoms with Gasteiger partial charge in [0.1, 0.15) is 18.4 Å². The molecule has 0 N–H and O–H groups in total. The van der Waals surface area contributed by atoms with Crippen molar-refractivity contribution in [2.75, 3.05) is 37.6 Å². The fraction of sp³-hybridized carbons (Fsp3) is 0.409. The van der Waals surface area contributed by atoms with Crippen molar-refractivity contribution in [3.05, 3.63) is 54.4 Å². The molecule has 7 nitrogen and oxygen atoms in total. The number of benzene rings is 1. The summed E-state index contributed by atoms with van der Waals surface area (Å²) in [7, 11) is 0. The van der Waals surface area contributed by atoms with E-state index in [0.29, 0.717) is 26.2 Å². The number of nitrogens with zero attached hydrogens (tertiary/aromatic N) is 4. The van der Waals surface area contributed by atoms with Crippen LogP contribution in [0, 0.1) is 6.92 Å². The van der Waals surface area contributed by atoms with E-state index in [-0.39, 0.29) is 24.6 Å². The van der Waals surface area contributed by atoms with Crippen molar-refractivity contribution in [2.24, 2.45) is 0 Å². The second kappa shape index (κ2) is 8.51. The van der Waals surface area contributed by atoms with E-state index in [1.54, 1.807) is 22.2 Å². The van der Waals surface area contributed by atoms with Crippen LogP contribution in [-0.4, -0.2) is 65.5 Å². The molecule has 4 rings (SSSR count). The highest BCUT2D eigenvalue weighted by Crippen LogP contribution is 2.22. The number of amides is 3. The molecule has 2 fully saturated rings. The molecular formula is C22H26N4O3. The third-order valence-electron chi connectivity index (χ3n) is 5.45. The van der Waals surface area contributed by atoms with E-state index >= 15 is 0 Å². The molecule has 3 amide bonds. The summed E-state index contributed by atoms with van der Waals surface area (Å²) in [6.07, 6.45) is 5.16. The summed E-state index contributed by atoms with van der Waals surface area (Å²) in [5.74, 6) is 0.745. The smallest absolute Gasteiger partial charge is 0.325 e. The third-order valence-corrected chi connectivity index (χ3v) is 5.45. The number of urea groups is 1. The van der Waals surface area contributed by atoms with E-state index in [1.807, 2.05) is 48.2 Å². The molecule has 0 radical (unpaired) electrons. The lowest BCUT2D eigenvalue weighted by Crippen LogP contribution is -2.48. The largest absolute Gasteiger partial charge is 0.488 e. The van der Waals surface area contributed by atoms with Gasteiger partial charge in [-0.1, -0.05) is 17.7 Å². The molecule has 1 unspecified atom stereocenters. The lowest BCUT2D eigenvalue weighted by atomic mass is 10.1. The molecule has 0 saturated carbocycles. The van der Waals surface area contributed by atoms with Gasteiger partial charge in [0.05, 0.1) is 6.54 Å². The molecule has 0 bridgehead atoms. The van der Waals surface area contributed by atoms with E-state index in [2.05, 4.69) is 4.98 Å². The van der Waals surface area contributed by atoms with Crippen LogP contribution >= 0.6 is 0 Å². The molecule has 0 spiro atoms. The second-order valence-corrected chi connectivity index (χ2v) is 7.60. The van der Waals surface area contributed by atoms with Crippen molar-refractivity contribution >= 4 is 17.6 Å². The maximum Gasteiger partial charge on any atom is 0.325 e. The van der Waals surface area contributed by atoms with Gasteiger partial charge in [-0.25, -0.2) is 4.79 Å². The molecule has 2 aromatic rings. The van der Waals surface area contributed by atoms with Gasteiger partial charge in [0.2, 0.25) is 5.91 Å². The Bertz CT molecular complexity index is 856. The van der Waals surface area contributed by atoms with Crippen LogP contribution in [-0.2, 0) is 4.79 Å². The topological polar surface area (TPSA) is 66.0 Å². The van der Waals surface area contributed by atoms with Crippen LogP contribution in [0.15, 0.2) is 48.8 Å². The van der Waals surface area contributed by atoms with Crippen LogP contribution in [0.1, 0.15) is 18.4 Å². The summed E-state index contributed by atoms with van der Waals surface area (Å²) in [5, 5.41) is 0. The summed E-state index contributed by atoms with van der Waals surface area (Å²) in [6, 6.07) is 11.4. The van der Waals surface area contributed by atoms with Crippen LogP contribution in [0.2, 0.25) is 0 Å². The number of aromatic nitrogens is 1. The third kappa shape index (κ3) is 4.50. The zero-order valence-corrected chi connectivity index (χ0v) is 16.7. The average Bonchev–Trinajstić information content (AvgIpc) is 3.10. The summed E-state index contributed by atoms with van der Waals surface area (Å²) >= 11 is 0. The molecule has 7 heteroatoms. The summed E-state index contributed by atoms with van der Waals surface area (Å²) in [6.45, 7) is 4.55. The summed E-state index contributed by atoms with van der Waals surface area (Å²) < 4.78 is 5.99. The first kappa shape index (κ1) is 19.2. The van der Waals surface area contributed by atoms with Crippen LogP contribution in [0.4, 0.5) is 10.5 Å². The molecular weight excluding hydrogens is 368 g/mol. The van der Waals surface area contributed by atoms with E-state index in [0.717, 1.165) is 29.8 Å². The average molecular weight is 394 g/mol. The number of hydrogen-bond acceptors (Lipinski definition) is 4. The normalized spacial score (nSPS) is 19.6. The van der Waals surface area contributed by atoms with Gasteiger partial charge >= 0.3 is 6.03 Å². The van der Waals surface area contributed by atoms with Gasteiger partial charge in [-0.3, -0.25) is 14.7 Å². The van der Waals surface area contributed by atoms with Gasteiger partial charge in [0, 0.05) is 37.7 Å². The van der Waals surface area contributed by atoms with E-state index < -0.39 is 0 Å². The lowest BCUT2D eigenvalue weighted by Gasteiger charge is -2.33. The number of carbonyl (C=O) groups is 2. The van der Waals surface area contributed by atoms with E-state index in [9.17, 15) is 9.59 Å². The molecule has 2 saturated heterocycles. The molecule has 152 valence electrons. The van der Waals surface area contributed by atoms with Gasteiger partial charge in [0.25, 0.3) is 0 Å². The van der Waals surface area contributed by atoms with Crippen molar-refractivity contribution < 1.29 is 14.3 Å². The standard InChI is InChI=1S/C22H26N4O3/c1-17-4-6-18(7-5-17)26-14-13-25(22(26)28)16-21(27)24-12-2-3-20(15-24)29-19-8-10-23-11-9-19/h4-11,20H,2-3,12-16H2,1H3. The highest BCUT2D eigenvalue weighted by molar-refractivity contribution is 5.96. The molecule has 0 aliphatic carbocycles. The fourth-order valence-corrected chi connectivity index (χ4v) is 3.83. The van der Waals surface area contributed by atoms with Crippen molar-refractivity contribution in [3.63, 3.8) is 0 Å². The first-order valence-corrected chi connectivity index (χ1v) is 10.1. The Morgan fingerprint density at radius 2 is 1.86 bits per heavy atom. The molecule has 2 aliphatic heterocycles. The highest BCUT2D eigenvalue weighted by Gasteiger charge is 2.33. The molecule has 2 aliphatic rings. The molecule has 3 heterocycles. The number of aryl methyl sites for hydroxylation is 1. The first-order valence-electron chi connectivity index (χ1n) is 10.1. The summed E-state index contributed by atoms with van der Waals surface area (Å²) in [5.41, 5.74) is 2.03. The van der Waals surface area contributed by atoms with Crippen molar-refractivity contribution in [3.8, 4) is 5.75 Å². The van der Waals surface area contributed by atoms with E-state index in [1.165, 1.54) is 0 Å². The monoisotopic (exact) mass is 394 g/mol. The predicted octanol–water partition coefficient (Wildman–Crippen LogP) is 2.70. The SMILES string of the molecule is Cc1ccc(N2CCN(CC(=O)N3CCCC(Oc4ccncc4)C3)C2=O)cc1. The Kier molecular flexibility index (Phi) is 5.64. The quantitative estimate of drug-likeness (QED) is 0.782. The van der Waals surface area contributed by atoms with Gasteiger partial charge in [-0.15, -0.1) is 0 Å². The predicted molar refractivity (Wildman–Crippen MR) is 110 cm³/mol. The van der Waals surface area contributed by atoms with Crippen molar-refractivity contribution in [1.82, 2.24) is 14.8 Å². The number of hydrogen-bond donors (Lipinski definition) is 0. The Labute approximate surface area is 170 Å². The van der Waals surface area contributed by atoms with Gasteiger partial charge in [-0.2, -0.15) is 0 Å². The minimum atomic E-state index is -0.108. The van der Waals surface area contributed by atoms with Crippen LogP contribution in [0.3, 0.4) is 0 Å². The number of likely N-dealkylation sites (tertiary alicyclic amines) is 1. The van der Waals surface area contributed by atoms with Crippen molar-refractivity contribution in [1.29, 1.82) is 0 Å². The van der Waals surface area contributed by atoms with Crippen molar-refractivity contribution in [2.45, 2.75) is 25.9 Å². The number of carbonyl (C=O) groups excluding carboxylic acids is 2. The molecule has 29 heavy (non-hydrogen) atoms. The number of pyridine rings is 1. The maximum atomic E-state index is 12.8. The zero-order chi connectivity index (χ0) is 20.2. The maximum absolute atomic E-state index is 12.8. The Hall–Kier alpha value is -3.09. The van der Waals surface area contributed by atoms with Crippen LogP contribution in [0.25, 0.3) is 0 Å². The van der Waals surface area contributed by atoms with E-state index in [4.69, 9.17) is 4.74 Å². The number of rotatable bonds is 5. The number of piperidine rings is 1. The molecule has 1 aromatic carbocycles. The summed E-state index contributed by atoms with van der Waals surface area (Å²) in [4.78, 5) is 34.8. The van der Waals surface area contributed by atoms with Gasteiger partial charge < -0.3 is 14.5 Å². The Balaban J connectivity index is 1.33. The fourth-order valence-electron chi connectivity index (χ4n) is 3.83. The van der Waals surface area contributed by atoms with Gasteiger partial charge in [-0.05, 0) is 44.0 Å². The minimum absolute atomic E-state index is 0.0212. The lowest BCUT2D eigenvalue weighted by molar-refractivity contribution is -0.134. The second-order valence-electron chi connectivity index (χ2n) is 7.60. The number of anilines is 1. The van der Waals surface area contributed by atoms with Crippen LogP contribution < -0.4 is 9.64 Å². The molecule has 1 aromatic heterocycles. The Morgan fingerprint density at radius 3 is 2.62 bits per heavy atom. The zero-order valence-electron chi connectivity index (χ0n) is 16.7. The highest BCUT2D eigenvalue weighted by atomic mass is 16.5.